The van der Waals surface area contributed by atoms with Gasteiger partial charge in [0.1, 0.15) is 11.9 Å². The molecule has 2 N–H and O–H groups in total. The third-order valence-corrected chi connectivity index (χ3v) is 4.56. The number of nitrogens with zero attached hydrogens (tertiary/aromatic N) is 3. The average molecular weight is 533 g/mol. The molecule has 1 aromatic heterocycles. The molecule has 1 heterocycles. The van der Waals surface area contributed by atoms with Crippen LogP contribution in [0.3, 0.4) is 0 Å². The molecule has 7 heteroatoms. The SMILES string of the molecule is CCNC(=NCc1cccc(Cn2ccnc2)c1)NCC(C)Oc1cccc(C)c1.I. The van der Waals surface area contributed by atoms with Crippen LogP contribution in [0.5, 0.6) is 5.75 Å². The maximum Gasteiger partial charge on any atom is 0.191 e. The first kappa shape index (κ1) is 24.7. The number of hydrogen-bond acceptors (Lipinski definition) is 3. The van der Waals surface area contributed by atoms with Crippen molar-refractivity contribution < 1.29 is 4.74 Å². The minimum Gasteiger partial charge on any atom is -0.489 e. The highest BCUT2D eigenvalue weighted by atomic mass is 127. The molecule has 0 amide bonds. The molecule has 6 nitrogen and oxygen atoms in total. The molecule has 31 heavy (non-hydrogen) atoms. The fraction of sp³-hybridized carbons (Fsp3) is 0.333. The van der Waals surface area contributed by atoms with Crippen molar-refractivity contribution in [1.29, 1.82) is 0 Å². The summed E-state index contributed by atoms with van der Waals surface area (Å²) in [5.41, 5.74) is 3.60. The summed E-state index contributed by atoms with van der Waals surface area (Å²) >= 11 is 0. The molecule has 0 fully saturated rings. The van der Waals surface area contributed by atoms with Crippen molar-refractivity contribution in [1.82, 2.24) is 20.2 Å². The summed E-state index contributed by atoms with van der Waals surface area (Å²) in [6.45, 7) is 9.08. The Kier molecular flexibility index (Phi) is 10.4. The van der Waals surface area contributed by atoms with Crippen molar-refractivity contribution in [2.45, 2.75) is 40.0 Å². The first-order valence-corrected chi connectivity index (χ1v) is 10.4. The molecule has 2 aromatic carbocycles. The molecule has 0 saturated heterocycles. The Morgan fingerprint density at radius 2 is 1.94 bits per heavy atom. The second-order valence-corrected chi connectivity index (χ2v) is 7.38. The normalized spacial score (nSPS) is 12.0. The van der Waals surface area contributed by atoms with Gasteiger partial charge in [0.25, 0.3) is 0 Å². The summed E-state index contributed by atoms with van der Waals surface area (Å²) in [7, 11) is 0. The number of halogens is 1. The molecule has 166 valence electrons. The van der Waals surface area contributed by atoms with Crippen molar-refractivity contribution in [2.24, 2.45) is 4.99 Å². The average Bonchev–Trinajstić information content (AvgIpc) is 3.23. The number of ether oxygens (including phenoxy) is 1. The number of hydrogen-bond donors (Lipinski definition) is 2. The van der Waals surface area contributed by atoms with Gasteiger partial charge in [0.05, 0.1) is 19.4 Å². The quantitative estimate of drug-likeness (QED) is 0.244. The number of rotatable bonds is 9. The van der Waals surface area contributed by atoms with Gasteiger partial charge in [0, 0.05) is 25.5 Å². The van der Waals surface area contributed by atoms with E-state index < -0.39 is 0 Å². The van der Waals surface area contributed by atoms with Gasteiger partial charge in [-0.2, -0.15) is 0 Å². The molecule has 3 aromatic rings. The zero-order valence-corrected chi connectivity index (χ0v) is 20.7. The van der Waals surface area contributed by atoms with Crippen LogP contribution < -0.4 is 15.4 Å². The van der Waals surface area contributed by atoms with Gasteiger partial charge in [0.2, 0.25) is 0 Å². The maximum atomic E-state index is 6.00. The first-order chi connectivity index (χ1) is 14.6. The molecule has 0 aliphatic carbocycles. The fourth-order valence-electron chi connectivity index (χ4n) is 3.13. The Balaban J connectivity index is 0.00000341. The van der Waals surface area contributed by atoms with Crippen molar-refractivity contribution in [2.75, 3.05) is 13.1 Å². The molecule has 0 bridgehead atoms. The van der Waals surface area contributed by atoms with Gasteiger partial charge < -0.3 is 19.9 Å². The standard InChI is InChI=1S/C24H31N5O.HI/c1-4-26-24(27-15-20(3)30-23-10-5-7-19(2)13-23)28-16-21-8-6-9-22(14-21)17-29-12-11-25-18-29;/h5-14,18,20H,4,15-17H2,1-3H3,(H2,26,27,28);1H. The molecular formula is C24H32IN5O. The highest BCUT2D eigenvalue weighted by molar-refractivity contribution is 14.0. The van der Waals surface area contributed by atoms with Crippen LogP contribution in [-0.4, -0.2) is 34.7 Å². The number of guanidine groups is 1. The fourth-order valence-corrected chi connectivity index (χ4v) is 3.13. The number of nitrogens with one attached hydrogen (secondary N) is 2. The second kappa shape index (κ2) is 13.0. The first-order valence-electron chi connectivity index (χ1n) is 10.4. The van der Waals surface area contributed by atoms with Gasteiger partial charge in [-0.05, 0) is 49.6 Å². The van der Waals surface area contributed by atoms with E-state index in [2.05, 4.69) is 71.3 Å². The maximum absolute atomic E-state index is 6.00. The lowest BCUT2D eigenvalue weighted by Gasteiger charge is -2.18. The number of benzene rings is 2. The highest BCUT2D eigenvalue weighted by Crippen LogP contribution is 2.14. The predicted octanol–water partition coefficient (Wildman–Crippen LogP) is 4.38. The van der Waals surface area contributed by atoms with Crippen LogP contribution in [0.15, 0.2) is 72.2 Å². The summed E-state index contributed by atoms with van der Waals surface area (Å²) in [5, 5.41) is 6.68. The van der Waals surface area contributed by atoms with Gasteiger partial charge in [-0.3, -0.25) is 0 Å². The van der Waals surface area contributed by atoms with Crippen LogP contribution in [0.25, 0.3) is 0 Å². The molecule has 0 radical (unpaired) electrons. The van der Waals surface area contributed by atoms with Crippen LogP contribution >= 0.6 is 24.0 Å². The number of aromatic nitrogens is 2. The Labute approximate surface area is 202 Å². The van der Waals surface area contributed by atoms with Crippen molar-refractivity contribution in [3.05, 3.63) is 83.9 Å². The van der Waals surface area contributed by atoms with E-state index in [1.54, 1.807) is 6.20 Å². The van der Waals surface area contributed by atoms with E-state index in [0.29, 0.717) is 13.1 Å². The number of aryl methyl sites for hydroxylation is 1. The van der Waals surface area contributed by atoms with Crippen molar-refractivity contribution >= 4 is 29.9 Å². The van der Waals surface area contributed by atoms with E-state index in [9.17, 15) is 0 Å². The summed E-state index contributed by atoms with van der Waals surface area (Å²) < 4.78 is 8.06. The third kappa shape index (κ3) is 8.61. The predicted molar refractivity (Wildman–Crippen MR) is 137 cm³/mol. The second-order valence-electron chi connectivity index (χ2n) is 7.38. The van der Waals surface area contributed by atoms with E-state index in [4.69, 9.17) is 9.73 Å². The Morgan fingerprint density at radius 3 is 2.68 bits per heavy atom. The molecule has 1 unspecified atom stereocenters. The summed E-state index contributed by atoms with van der Waals surface area (Å²) in [5.74, 6) is 1.68. The lowest BCUT2D eigenvalue weighted by molar-refractivity contribution is 0.223. The van der Waals surface area contributed by atoms with Crippen LogP contribution in [0.2, 0.25) is 0 Å². The monoisotopic (exact) mass is 533 g/mol. The Hall–Kier alpha value is -2.55. The number of imidazole rings is 1. The van der Waals surface area contributed by atoms with Gasteiger partial charge >= 0.3 is 0 Å². The molecule has 3 rings (SSSR count). The van der Waals surface area contributed by atoms with Crippen LogP contribution in [-0.2, 0) is 13.1 Å². The van der Waals surface area contributed by atoms with Crippen molar-refractivity contribution in [3.8, 4) is 5.75 Å². The van der Waals surface area contributed by atoms with E-state index in [-0.39, 0.29) is 30.1 Å². The molecule has 0 aliphatic heterocycles. The van der Waals surface area contributed by atoms with E-state index in [1.807, 2.05) is 30.7 Å². The Bertz CT molecular complexity index is 943. The lowest BCUT2D eigenvalue weighted by Crippen LogP contribution is -2.41. The Morgan fingerprint density at radius 1 is 1.13 bits per heavy atom. The zero-order valence-electron chi connectivity index (χ0n) is 18.4. The van der Waals surface area contributed by atoms with Gasteiger partial charge in [-0.15, -0.1) is 24.0 Å². The van der Waals surface area contributed by atoms with Crippen molar-refractivity contribution in [3.63, 3.8) is 0 Å². The zero-order chi connectivity index (χ0) is 21.2. The van der Waals surface area contributed by atoms with E-state index in [1.165, 1.54) is 16.7 Å². The smallest absolute Gasteiger partial charge is 0.191 e. The van der Waals surface area contributed by atoms with Gasteiger partial charge in [-0.1, -0.05) is 36.4 Å². The minimum absolute atomic E-state index is 0. The third-order valence-electron chi connectivity index (χ3n) is 4.56. The molecule has 0 aliphatic rings. The molecule has 0 spiro atoms. The highest BCUT2D eigenvalue weighted by Gasteiger charge is 2.06. The minimum atomic E-state index is 0. The summed E-state index contributed by atoms with van der Waals surface area (Å²) in [6.07, 6.45) is 5.62. The molecule has 0 saturated carbocycles. The van der Waals surface area contributed by atoms with E-state index >= 15 is 0 Å². The lowest BCUT2D eigenvalue weighted by atomic mass is 10.1. The van der Waals surface area contributed by atoms with Crippen LogP contribution in [0.4, 0.5) is 0 Å². The van der Waals surface area contributed by atoms with Crippen LogP contribution in [0, 0.1) is 6.92 Å². The van der Waals surface area contributed by atoms with Gasteiger partial charge in [-0.25, -0.2) is 9.98 Å². The van der Waals surface area contributed by atoms with Crippen LogP contribution in [0.1, 0.15) is 30.5 Å². The van der Waals surface area contributed by atoms with E-state index in [0.717, 1.165) is 24.8 Å². The molecule has 1 atom stereocenters. The largest absolute Gasteiger partial charge is 0.489 e. The summed E-state index contributed by atoms with van der Waals surface area (Å²) in [6, 6.07) is 16.6. The van der Waals surface area contributed by atoms with Gasteiger partial charge in [0.15, 0.2) is 5.96 Å². The molecular weight excluding hydrogens is 501 g/mol. The topological polar surface area (TPSA) is 63.5 Å². The summed E-state index contributed by atoms with van der Waals surface area (Å²) in [4.78, 5) is 8.83. The number of aliphatic imine (C=N–C) groups is 1.